The summed E-state index contributed by atoms with van der Waals surface area (Å²) in [6.45, 7) is 1.77. The molecule has 10 nitrogen and oxygen atoms in total. The van der Waals surface area contributed by atoms with Crippen molar-refractivity contribution in [3.05, 3.63) is 96.1 Å². The third-order valence-electron chi connectivity index (χ3n) is 6.59. The maximum Gasteiger partial charge on any atom is 0.261 e. The first-order valence-electron chi connectivity index (χ1n) is 13.4. The number of morpholine rings is 1. The zero-order chi connectivity index (χ0) is 29.1. The summed E-state index contributed by atoms with van der Waals surface area (Å²) in [7, 11) is -2.10. The smallest absolute Gasteiger partial charge is 0.261 e. The van der Waals surface area contributed by atoms with E-state index in [9.17, 15) is 18.0 Å². The summed E-state index contributed by atoms with van der Waals surface area (Å²) in [4.78, 5) is 28.7. The van der Waals surface area contributed by atoms with Crippen molar-refractivity contribution >= 4 is 21.8 Å². The van der Waals surface area contributed by atoms with Crippen LogP contribution < -0.4 is 10.1 Å². The number of nitrogens with zero attached hydrogens (tertiary/aromatic N) is 2. The van der Waals surface area contributed by atoms with Gasteiger partial charge in [0.15, 0.2) is 6.61 Å². The molecular weight excluding hydrogens is 546 g/mol. The topological polar surface area (TPSA) is 114 Å². The van der Waals surface area contributed by atoms with Crippen LogP contribution in [0.25, 0.3) is 0 Å². The quantitative estimate of drug-likeness (QED) is 0.309. The van der Waals surface area contributed by atoms with Crippen molar-refractivity contribution < 1.29 is 32.2 Å². The largest absolute Gasteiger partial charge is 0.484 e. The Kier molecular flexibility index (Phi) is 10.9. The van der Waals surface area contributed by atoms with Crippen molar-refractivity contribution in [3.8, 4) is 5.75 Å². The molecule has 3 aromatic rings. The number of benzene rings is 3. The lowest BCUT2D eigenvalue weighted by Crippen LogP contribution is -2.45. The van der Waals surface area contributed by atoms with Gasteiger partial charge in [0, 0.05) is 33.3 Å². The van der Waals surface area contributed by atoms with E-state index in [-0.39, 0.29) is 24.0 Å². The molecule has 1 N–H and O–H groups in total. The van der Waals surface area contributed by atoms with Crippen LogP contribution >= 0.6 is 0 Å². The summed E-state index contributed by atoms with van der Waals surface area (Å²) in [5.41, 5.74) is 1.51. The molecule has 1 heterocycles. The van der Waals surface area contributed by atoms with E-state index in [1.807, 2.05) is 48.5 Å². The van der Waals surface area contributed by atoms with E-state index in [0.717, 1.165) is 5.56 Å². The number of ether oxygens (including phenoxy) is 3. The Labute approximate surface area is 240 Å². The van der Waals surface area contributed by atoms with Gasteiger partial charge in [0.25, 0.3) is 5.91 Å². The Hall–Kier alpha value is -3.77. The van der Waals surface area contributed by atoms with E-state index < -0.39 is 22.0 Å². The zero-order valence-corrected chi connectivity index (χ0v) is 23.8. The van der Waals surface area contributed by atoms with Gasteiger partial charge < -0.3 is 24.4 Å². The van der Waals surface area contributed by atoms with Crippen molar-refractivity contribution in [2.24, 2.45) is 0 Å². The Morgan fingerprint density at radius 2 is 1.59 bits per heavy atom. The maximum atomic E-state index is 13.7. The Bertz CT molecular complexity index is 1360. The Balaban J connectivity index is 1.53. The maximum absolute atomic E-state index is 13.7. The van der Waals surface area contributed by atoms with Crippen molar-refractivity contribution in [1.82, 2.24) is 14.5 Å². The number of carbonyl (C=O) groups excluding carboxylic acids is 2. The average molecular weight is 582 g/mol. The second kappa shape index (κ2) is 14.7. The molecule has 0 aliphatic carbocycles. The second-order valence-electron chi connectivity index (χ2n) is 9.38. The minimum atomic E-state index is -3.65. The van der Waals surface area contributed by atoms with Crippen LogP contribution in [0.15, 0.2) is 89.8 Å². The summed E-state index contributed by atoms with van der Waals surface area (Å²) in [5.74, 6) is -0.412. The first kappa shape index (κ1) is 30.2. The number of hydrogen-bond acceptors (Lipinski definition) is 7. The number of rotatable bonds is 13. The molecule has 0 aromatic heterocycles. The molecule has 1 fully saturated rings. The van der Waals surface area contributed by atoms with Gasteiger partial charge in [0.05, 0.1) is 24.7 Å². The summed E-state index contributed by atoms with van der Waals surface area (Å²) >= 11 is 0. The van der Waals surface area contributed by atoms with Gasteiger partial charge in [-0.1, -0.05) is 60.7 Å². The molecule has 0 spiro atoms. The molecular formula is C30H35N3O7S. The monoisotopic (exact) mass is 581 g/mol. The zero-order valence-electron chi connectivity index (χ0n) is 23.0. The molecule has 2 amide bonds. The molecule has 4 rings (SSSR count). The van der Waals surface area contributed by atoms with Crippen LogP contribution in [0.2, 0.25) is 0 Å². The van der Waals surface area contributed by atoms with Crippen molar-refractivity contribution in [2.75, 3.05) is 53.2 Å². The molecule has 11 heteroatoms. The molecule has 0 bridgehead atoms. The third kappa shape index (κ3) is 8.14. The van der Waals surface area contributed by atoms with E-state index in [2.05, 4.69) is 5.32 Å². The predicted molar refractivity (Wildman–Crippen MR) is 153 cm³/mol. The van der Waals surface area contributed by atoms with Crippen molar-refractivity contribution in [2.45, 2.75) is 17.5 Å². The van der Waals surface area contributed by atoms with Crippen LogP contribution in [-0.4, -0.2) is 82.6 Å². The number of amides is 2. The van der Waals surface area contributed by atoms with E-state index in [1.54, 1.807) is 19.2 Å². The number of nitrogens with one attached hydrogen (secondary N) is 1. The van der Waals surface area contributed by atoms with Crippen LogP contribution in [0, 0.1) is 0 Å². The number of hydrogen-bond donors (Lipinski definition) is 1. The standard InChI is InChI=1S/C30H35N3O7S/c1-38-19-16-31-30(35)29(25-10-6-3-7-11-25)33(22-24-8-4-2-5-9-24)28(34)23-40-26-12-14-27(15-13-26)41(36,37)32-17-20-39-21-18-32/h2-15,29H,16-23H2,1H3,(H,31,35). The van der Waals surface area contributed by atoms with Crippen molar-refractivity contribution in [1.29, 1.82) is 0 Å². The SMILES string of the molecule is COCCNC(=O)C(c1ccccc1)N(Cc1ccccc1)C(=O)COc1ccc(S(=O)(=O)N2CCOCC2)cc1. The highest BCUT2D eigenvalue weighted by Gasteiger charge is 2.32. The van der Waals surface area contributed by atoms with E-state index in [1.165, 1.54) is 33.5 Å². The minimum absolute atomic E-state index is 0.139. The van der Waals surface area contributed by atoms with Gasteiger partial charge in [-0.3, -0.25) is 9.59 Å². The molecule has 1 aliphatic rings. The molecule has 1 aliphatic heterocycles. The minimum Gasteiger partial charge on any atom is -0.484 e. The summed E-state index contributed by atoms with van der Waals surface area (Å²) < 4.78 is 43.3. The number of sulfonamides is 1. The molecule has 0 saturated carbocycles. The highest BCUT2D eigenvalue weighted by molar-refractivity contribution is 7.89. The Morgan fingerprint density at radius 3 is 2.22 bits per heavy atom. The molecule has 1 atom stereocenters. The molecule has 218 valence electrons. The van der Waals surface area contributed by atoms with Crippen LogP contribution in [-0.2, 0) is 35.6 Å². The Morgan fingerprint density at radius 1 is 0.951 bits per heavy atom. The summed E-state index contributed by atoms with van der Waals surface area (Å²) in [5, 5.41) is 2.86. The number of carbonyl (C=O) groups is 2. The summed E-state index contributed by atoms with van der Waals surface area (Å²) in [6, 6.07) is 23.6. The first-order valence-corrected chi connectivity index (χ1v) is 14.8. The highest BCUT2D eigenvalue weighted by Crippen LogP contribution is 2.25. The van der Waals surface area contributed by atoms with Gasteiger partial charge in [0.2, 0.25) is 15.9 Å². The van der Waals surface area contributed by atoms with E-state index in [4.69, 9.17) is 14.2 Å². The van der Waals surface area contributed by atoms with E-state index >= 15 is 0 Å². The van der Waals surface area contributed by atoms with E-state index in [0.29, 0.717) is 50.8 Å². The lowest BCUT2D eigenvalue weighted by atomic mass is 10.0. The van der Waals surface area contributed by atoms with Gasteiger partial charge in [0.1, 0.15) is 11.8 Å². The molecule has 41 heavy (non-hydrogen) atoms. The predicted octanol–water partition coefficient (Wildman–Crippen LogP) is 2.62. The second-order valence-corrected chi connectivity index (χ2v) is 11.3. The fourth-order valence-electron chi connectivity index (χ4n) is 4.46. The molecule has 0 radical (unpaired) electrons. The van der Waals surface area contributed by atoms with Crippen molar-refractivity contribution in [3.63, 3.8) is 0 Å². The van der Waals surface area contributed by atoms with Gasteiger partial charge in [-0.25, -0.2) is 8.42 Å². The normalized spacial score (nSPS) is 14.7. The number of methoxy groups -OCH3 is 1. The van der Waals surface area contributed by atoms with Crippen LogP contribution in [0.5, 0.6) is 5.75 Å². The highest BCUT2D eigenvalue weighted by atomic mass is 32.2. The van der Waals surface area contributed by atoms with Crippen LogP contribution in [0.4, 0.5) is 0 Å². The van der Waals surface area contributed by atoms with Crippen LogP contribution in [0.3, 0.4) is 0 Å². The summed E-state index contributed by atoms with van der Waals surface area (Å²) in [6.07, 6.45) is 0. The fraction of sp³-hybridized carbons (Fsp3) is 0.333. The average Bonchev–Trinajstić information content (AvgIpc) is 3.01. The van der Waals surface area contributed by atoms with Gasteiger partial charge in [-0.2, -0.15) is 4.31 Å². The first-order chi connectivity index (χ1) is 19.9. The van der Waals surface area contributed by atoms with Gasteiger partial charge >= 0.3 is 0 Å². The fourth-order valence-corrected chi connectivity index (χ4v) is 5.86. The van der Waals surface area contributed by atoms with Gasteiger partial charge in [-0.05, 0) is 35.4 Å². The lowest BCUT2D eigenvalue weighted by molar-refractivity contribution is -0.143. The molecule has 1 saturated heterocycles. The molecule has 1 unspecified atom stereocenters. The third-order valence-corrected chi connectivity index (χ3v) is 8.50. The van der Waals surface area contributed by atoms with Gasteiger partial charge in [-0.15, -0.1) is 0 Å². The lowest BCUT2D eigenvalue weighted by Gasteiger charge is -2.31. The molecule has 3 aromatic carbocycles. The van der Waals surface area contributed by atoms with Crippen LogP contribution in [0.1, 0.15) is 17.2 Å².